The second-order valence-electron chi connectivity index (χ2n) is 4.08. The maximum Gasteiger partial charge on any atom is 0.234 e. The molecule has 2 aromatic heterocycles. The first-order valence-electron chi connectivity index (χ1n) is 5.92. The molecule has 3 rings (SSSR count). The van der Waals surface area contributed by atoms with Crippen LogP contribution in [0.2, 0.25) is 0 Å². The average Bonchev–Trinajstić information content (AvgIpc) is 3.00. The summed E-state index contributed by atoms with van der Waals surface area (Å²) in [5.74, 6) is -0.0390. The fourth-order valence-corrected chi connectivity index (χ4v) is 2.89. The van der Waals surface area contributed by atoms with Crippen molar-refractivity contribution in [3.05, 3.63) is 40.1 Å². The van der Waals surface area contributed by atoms with Gasteiger partial charge in [0.05, 0.1) is 5.69 Å². The van der Waals surface area contributed by atoms with Crippen LogP contribution in [0, 0.1) is 0 Å². The SMILES string of the molecule is O=C(CCc1nn2cnnc2s1)Nc1ccccc1Br. The number of anilines is 1. The molecule has 0 atom stereocenters. The van der Waals surface area contributed by atoms with E-state index in [1.165, 1.54) is 11.3 Å². The van der Waals surface area contributed by atoms with Crippen LogP contribution >= 0.6 is 27.3 Å². The molecule has 1 amide bonds. The van der Waals surface area contributed by atoms with Gasteiger partial charge in [-0.05, 0) is 28.1 Å². The Morgan fingerprint density at radius 1 is 1.40 bits per heavy atom. The maximum absolute atomic E-state index is 11.9. The summed E-state index contributed by atoms with van der Waals surface area (Å²) in [5.41, 5.74) is 0.774. The zero-order valence-corrected chi connectivity index (χ0v) is 12.7. The third-order valence-electron chi connectivity index (χ3n) is 2.64. The summed E-state index contributed by atoms with van der Waals surface area (Å²) in [6.07, 6.45) is 2.52. The number of carbonyl (C=O) groups is 1. The van der Waals surface area contributed by atoms with Crippen LogP contribution in [0.15, 0.2) is 35.1 Å². The molecule has 0 fully saturated rings. The van der Waals surface area contributed by atoms with Crippen LogP contribution in [0.3, 0.4) is 0 Å². The molecule has 102 valence electrons. The predicted molar refractivity (Wildman–Crippen MR) is 79.8 cm³/mol. The Bertz CT molecular complexity index is 724. The number of rotatable bonds is 4. The fourth-order valence-electron chi connectivity index (χ4n) is 1.70. The number of fused-ring (bicyclic) bond motifs is 1. The Kier molecular flexibility index (Phi) is 3.75. The molecule has 3 aromatic rings. The van der Waals surface area contributed by atoms with Gasteiger partial charge >= 0.3 is 0 Å². The monoisotopic (exact) mass is 351 g/mol. The molecule has 20 heavy (non-hydrogen) atoms. The smallest absolute Gasteiger partial charge is 0.234 e. The summed E-state index contributed by atoms with van der Waals surface area (Å²) in [5, 5.41) is 15.7. The third kappa shape index (κ3) is 2.86. The maximum atomic E-state index is 11.9. The van der Waals surface area contributed by atoms with Crippen LogP contribution in [0.25, 0.3) is 4.96 Å². The van der Waals surface area contributed by atoms with E-state index < -0.39 is 0 Å². The van der Waals surface area contributed by atoms with E-state index in [0.717, 1.165) is 20.1 Å². The highest BCUT2D eigenvalue weighted by Crippen LogP contribution is 2.21. The molecule has 0 aliphatic carbocycles. The Balaban J connectivity index is 1.59. The lowest BCUT2D eigenvalue weighted by atomic mass is 10.2. The number of hydrogen-bond acceptors (Lipinski definition) is 5. The average molecular weight is 352 g/mol. The van der Waals surface area contributed by atoms with Crippen molar-refractivity contribution in [1.29, 1.82) is 0 Å². The lowest BCUT2D eigenvalue weighted by Gasteiger charge is -2.06. The van der Waals surface area contributed by atoms with Gasteiger partial charge in [-0.1, -0.05) is 23.5 Å². The number of halogens is 1. The van der Waals surface area contributed by atoms with E-state index in [0.29, 0.717) is 12.8 Å². The molecule has 0 aliphatic rings. The van der Waals surface area contributed by atoms with Crippen molar-refractivity contribution in [3.8, 4) is 0 Å². The predicted octanol–water partition coefficient (Wildman–Crippen LogP) is 2.52. The molecule has 6 nitrogen and oxygen atoms in total. The summed E-state index contributed by atoms with van der Waals surface area (Å²) in [7, 11) is 0. The van der Waals surface area contributed by atoms with Gasteiger partial charge in [-0.15, -0.1) is 10.2 Å². The largest absolute Gasteiger partial charge is 0.325 e. The van der Waals surface area contributed by atoms with Gasteiger partial charge in [-0.25, -0.2) is 0 Å². The molecule has 1 aromatic carbocycles. The Morgan fingerprint density at radius 3 is 3.05 bits per heavy atom. The van der Waals surface area contributed by atoms with E-state index in [9.17, 15) is 4.79 Å². The van der Waals surface area contributed by atoms with E-state index in [1.807, 2.05) is 24.3 Å². The number of nitrogens with one attached hydrogen (secondary N) is 1. The van der Waals surface area contributed by atoms with E-state index in [-0.39, 0.29) is 5.91 Å². The van der Waals surface area contributed by atoms with Crippen molar-refractivity contribution < 1.29 is 4.79 Å². The molecular formula is C12H10BrN5OS. The van der Waals surface area contributed by atoms with Gasteiger partial charge in [0.1, 0.15) is 11.3 Å². The van der Waals surface area contributed by atoms with E-state index >= 15 is 0 Å². The Hall–Kier alpha value is -1.80. The molecule has 0 saturated heterocycles. The molecule has 8 heteroatoms. The van der Waals surface area contributed by atoms with E-state index in [4.69, 9.17) is 0 Å². The fraction of sp³-hybridized carbons (Fsp3) is 0.167. The highest BCUT2D eigenvalue weighted by atomic mass is 79.9. The highest BCUT2D eigenvalue weighted by Gasteiger charge is 2.09. The molecule has 0 bridgehead atoms. The first kappa shape index (κ1) is 13.2. The van der Waals surface area contributed by atoms with E-state index in [2.05, 4.69) is 36.5 Å². The lowest BCUT2D eigenvalue weighted by Crippen LogP contribution is -2.12. The van der Waals surface area contributed by atoms with E-state index in [1.54, 1.807) is 10.8 Å². The number of amides is 1. The van der Waals surface area contributed by atoms with Gasteiger partial charge in [-0.2, -0.15) is 9.61 Å². The van der Waals surface area contributed by atoms with Gasteiger partial charge in [0.2, 0.25) is 10.9 Å². The molecule has 0 radical (unpaired) electrons. The minimum absolute atomic E-state index is 0.0390. The number of carbonyl (C=O) groups excluding carboxylic acids is 1. The number of para-hydroxylation sites is 1. The van der Waals surface area contributed by atoms with Crippen LogP contribution in [-0.2, 0) is 11.2 Å². The van der Waals surface area contributed by atoms with Crippen molar-refractivity contribution in [1.82, 2.24) is 19.8 Å². The normalized spacial score (nSPS) is 10.8. The van der Waals surface area contributed by atoms with Crippen molar-refractivity contribution in [2.75, 3.05) is 5.32 Å². The Labute approximate surface area is 127 Å². The van der Waals surface area contributed by atoms with Crippen molar-refractivity contribution in [2.24, 2.45) is 0 Å². The molecular weight excluding hydrogens is 342 g/mol. The molecule has 0 unspecified atom stereocenters. The summed E-state index contributed by atoms with van der Waals surface area (Å²) >= 11 is 4.84. The standard InChI is InChI=1S/C12H10BrN5OS/c13-8-3-1-2-4-9(8)15-10(19)5-6-11-17-18-7-14-16-12(18)20-11/h1-4,7H,5-6H2,(H,15,19). The summed E-state index contributed by atoms with van der Waals surface area (Å²) < 4.78 is 2.48. The van der Waals surface area contributed by atoms with Crippen LogP contribution < -0.4 is 5.32 Å². The second-order valence-corrected chi connectivity index (χ2v) is 5.98. The van der Waals surface area contributed by atoms with Gasteiger partial charge in [-0.3, -0.25) is 4.79 Å². The quantitative estimate of drug-likeness (QED) is 0.783. The van der Waals surface area contributed by atoms with Gasteiger partial charge in [0.15, 0.2) is 0 Å². The zero-order chi connectivity index (χ0) is 13.9. The van der Waals surface area contributed by atoms with Crippen LogP contribution in [-0.4, -0.2) is 25.7 Å². The van der Waals surface area contributed by atoms with Gasteiger partial charge in [0, 0.05) is 17.3 Å². The van der Waals surface area contributed by atoms with Crippen molar-refractivity contribution in [3.63, 3.8) is 0 Å². The number of nitrogens with zero attached hydrogens (tertiary/aromatic N) is 4. The molecule has 2 heterocycles. The molecule has 0 saturated carbocycles. The minimum atomic E-state index is -0.0390. The van der Waals surface area contributed by atoms with Gasteiger partial charge in [0.25, 0.3) is 0 Å². The molecule has 0 spiro atoms. The zero-order valence-electron chi connectivity index (χ0n) is 10.3. The second kappa shape index (κ2) is 5.68. The summed E-state index contributed by atoms with van der Waals surface area (Å²) in [6, 6.07) is 7.52. The lowest BCUT2D eigenvalue weighted by molar-refractivity contribution is -0.116. The first-order chi connectivity index (χ1) is 9.72. The minimum Gasteiger partial charge on any atom is -0.325 e. The first-order valence-corrected chi connectivity index (χ1v) is 7.53. The Morgan fingerprint density at radius 2 is 2.25 bits per heavy atom. The molecule has 0 aliphatic heterocycles. The number of aryl methyl sites for hydroxylation is 1. The summed E-state index contributed by atoms with van der Waals surface area (Å²) in [4.78, 5) is 12.6. The number of aromatic nitrogens is 4. The topological polar surface area (TPSA) is 72.2 Å². The number of hydrogen-bond donors (Lipinski definition) is 1. The molecule has 1 N–H and O–H groups in total. The van der Waals surface area contributed by atoms with Crippen LogP contribution in [0.4, 0.5) is 5.69 Å². The van der Waals surface area contributed by atoms with Crippen molar-refractivity contribution >= 4 is 43.8 Å². The van der Waals surface area contributed by atoms with Crippen molar-refractivity contribution in [2.45, 2.75) is 12.8 Å². The van der Waals surface area contributed by atoms with Crippen LogP contribution in [0.5, 0.6) is 0 Å². The number of benzene rings is 1. The summed E-state index contributed by atoms with van der Waals surface area (Å²) in [6.45, 7) is 0. The third-order valence-corrected chi connectivity index (χ3v) is 4.31. The highest BCUT2D eigenvalue weighted by molar-refractivity contribution is 9.10. The van der Waals surface area contributed by atoms with Crippen LogP contribution in [0.1, 0.15) is 11.4 Å². The van der Waals surface area contributed by atoms with Gasteiger partial charge < -0.3 is 5.32 Å².